The van der Waals surface area contributed by atoms with Crippen LogP contribution in [0.4, 0.5) is 0 Å². The van der Waals surface area contributed by atoms with Gasteiger partial charge in [-0.15, -0.1) is 0 Å². The van der Waals surface area contributed by atoms with E-state index in [0.717, 1.165) is 78.2 Å². The highest BCUT2D eigenvalue weighted by atomic mass is 15.1. The predicted molar refractivity (Wildman–Crippen MR) is 424 cm³/mol. The molecule has 6 heterocycles. The highest BCUT2D eigenvalue weighted by molar-refractivity contribution is 6.14. The first kappa shape index (κ1) is 60.5. The molecule has 10 heteroatoms. The molecule has 14 aromatic carbocycles. The molecule has 0 N–H and O–H groups in total. The van der Waals surface area contributed by atoms with Gasteiger partial charge in [-0.2, -0.15) is 0 Å². The maximum absolute atomic E-state index is 4.98. The van der Waals surface area contributed by atoms with Gasteiger partial charge in [-0.1, -0.05) is 229 Å². The van der Waals surface area contributed by atoms with Crippen molar-refractivity contribution in [3.63, 3.8) is 0 Å². The molecule has 0 saturated heterocycles. The Morgan fingerprint density at radius 1 is 0.165 bits per heavy atom. The second kappa shape index (κ2) is 24.9. The van der Waals surface area contributed by atoms with Crippen molar-refractivity contribution >= 4 is 87.2 Å². The summed E-state index contributed by atoms with van der Waals surface area (Å²) in [5, 5.41) is 9.89. The summed E-state index contributed by atoms with van der Waals surface area (Å²) in [6, 6.07) is 118. The first-order chi connectivity index (χ1) is 50.8. The second-order valence-electron chi connectivity index (χ2n) is 26.5. The Kier molecular flexibility index (Phi) is 14.6. The molecule has 0 bridgehead atoms. The number of hydrogen-bond donors (Lipinski definition) is 0. The van der Waals surface area contributed by atoms with Crippen molar-refractivity contribution in [3.8, 4) is 91.1 Å². The molecular weight excluding hydrogens is 1260 g/mol. The van der Waals surface area contributed by atoms with E-state index in [0.29, 0.717) is 34.9 Å². The number of benzene rings is 14. The van der Waals surface area contributed by atoms with Crippen molar-refractivity contribution in [3.05, 3.63) is 350 Å². The summed E-state index contributed by atoms with van der Waals surface area (Å²) in [4.78, 5) is 29.7. The van der Waals surface area contributed by atoms with Gasteiger partial charge in [0.2, 0.25) is 0 Å². The average Bonchev–Trinajstić information content (AvgIpc) is 1.60. The monoisotopic (exact) mass is 1320 g/mol. The van der Waals surface area contributed by atoms with E-state index in [2.05, 4.69) is 342 Å². The Morgan fingerprint density at radius 2 is 0.359 bits per heavy atom. The van der Waals surface area contributed by atoms with E-state index < -0.39 is 0 Å². The van der Waals surface area contributed by atoms with E-state index in [9.17, 15) is 0 Å². The summed E-state index contributed by atoms with van der Waals surface area (Å²) in [5.41, 5.74) is 23.2. The van der Waals surface area contributed by atoms with Gasteiger partial charge in [0.05, 0.1) is 44.1 Å². The van der Waals surface area contributed by atoms with Crippen LogP contribution >= 0.6 is 0 Å². The molecule has 20 aromatic rings. The van der Waals surface area contributed by atoms with Crippen LogP contribution in [0.3, 0.4) is 0 Å². The quantitative estimate of drug-likeness (QED) is 0.135. The van der Waals surface area contributed by atoms with Crippen LogP contribution in [0.25, 0.3) is 178 Å². The van der Waals surface area contributed by atoms with Gasteiger partial charge >= 0.3 is 0 Å². The zero-order valence-electron chi connectivity index (χ0n) is 56.7. The van der Waals surface area contributed by atoms with E-state index in [-0.39, 0.29) is 0 Å². The zero-order chi connectivity index (χ0) is 68.7. The first-order valence-electron chi connectivity index (χ1n) is 34.8. The molecule has 0 unspecified atom stereocenters. The van der Waals surface area contributed by atoms with E-state index in [4.69, 9.17) is 29.9 Å². The predicted octanol–water partition coefficient (Wildman–Crippen LogP) is 23.1. The summed E-state index contributed by atoms with van der Waals surface area (Å²) in [5.74, 6) is 3.91. The lowest BCUT2D eigenvalue weighted by atomic mass is 10.1. The lowest BCUT2D eigenvalue weighted by Crippen LogP contribution is -2.00. The number of rotatable bonds is 10. The van der Waals surface area contributed by atoms with E-state index >= 15 is 0 Å². The maximum Gasteiger partial charge on any atom is 0.164 e. The third kappa shape index (κ3) is 10.7. The van der Waals surface area contributed by atoms with E-state index in [1.54, 1.807) is 0 Å². The minimum atomic E-state index is 0.643. The van der Waals surface area contributed by atoms with Crippen LogP contribution in [0.2, 0.25) is 0 Å². The topological polar surface area (TPSA) is 97.1 Å². The molecule has 6 aromatic heterocycles. The van der Waals surface area contributed by atoms with Crippen LogP contribution in [0, 0.1) is 20.8 Å². The fourth-order valence-electron chi connectivity index (χ4n) is 14.9. The van der Waals surface area contributed by atoms with Crippen molar-refractivity contribution < 1.29 is 0 Å². The van der Waals surface area contributed by atoms with Crippen LogP contribution in [0.5, 0.6) is 0 Å². The zero-order valence-corrected chi connectivity index (χ0v) is 56.7. The van der Waals surface area contributed by atoms with E-state index in [1.807, 2.05) is 30.3 Å². The van der Waals surface area contributed by atoms with Crippen LogP contribution in [-0.2, 0) is 0 Å². The Morgan fingerprint density at radius 3 is 0.631 bits per heavy atom. The van der Waals surface area contributed by atoms with Gasteiger partial charge in [0.1, 0.15) is 0 Å². The number of aryl methyl sites for hydroxylation is 3. The van der Waals surface area contributed by atoms with Gasteiger partial charge in [-0.25, -0.2) is 29.9 Å². The SMILES string of the molecule is Cc1ccc(-c2nc(-c3ccc(C)cc3)nc(-c3ccc(-n4c5ccccc5c5cc(-n6c7ccccc7c7ccccc76)ccc54)cc3)n2)cc1.Cc1ccc(-c2nc(-c3ccccc3)nc(-c3ccc(-n4c5ccccc5c5cc(-n6c7ccccc7c7ccccc76)ccc54)cc3)n2)cc1. The molecule has 0 saturated carbocycles. The van der Waals surface area contributed by atoms with Crippen molar-refractivity contribution in [2.45, 2.75) is 20.8 Å². The third-order valence-electron chi connectivity index (χ3n) is 20.0. The number of fused-ring (bicyclic) bond motifs is 12. The summed E-state index contributed by atoms with van der Waals surface area (Å²) in [6.45, 7) is 6.26. The number of nitrogens with zero attached hydrogens (tertiary/aromatic N) is 10. The minimum Gasteiger partial charge on any atom is -0.309 e. The third-order valence-corrected chi connectivity index (χ3v) is 20.0. The first-order valence-corrected chi connectivity index (χ1v) is 34.8. The molecule has 20 rings (SSSR count). The molecule has 0 aliphatic heterocycles. The maximum atomic E-state index is 4.98. The number of aromatic nitrogens is 10. The molecular formula is C93H64N10. The summed E-state index contributed by atoms with van der Waals surface area (Å²) in [7, 11) is 0. The highest BCUT2D eigenvalue weighted by Gasteiger charge is 2.21. The van der Waals surface area contributed by atoms with Gasteiger partial charge < -0.3 is 18.3 Å². The molecule has 486 valence electrons. The molecule has 0 amide bonds. The molecule has 0 aliphatic rings. The van der Waals surface area contributed by atoms with Crippen molar-refractivity contribution in [2.75, 3.05) is 0 Å². The van der Waals surface area contributed by atoms with Crippen molar-refractivity contribution in [1.29, 1.82) is 0 Å². The molecule has 0 spiro atoms. The fraction of sp³-hybridized carbons (Fsp3) is 0.0323. The van der Waals surface area contributed by atoms with Crippen molar-refractivity contribution in [2.24, 2.45) is 0 Å². The van der Waals surface area contributed by atoms with Gasteiger partial charge in [-0.3, -0.25) is 0 Å². The lowest BCUT2D eigenvalue weighted by Gasteiger charge is -2.12. The van der Waals surface area contributed by atoms with Crippen LogP contribution in [0.15, 0.2) is 334 Å². The number of para-hydroxylation sites is 6. The molecule has 10 nitrogen and oxygen atoms in total. The van der Waals surface area contributed by atoms with Crippen LogP contribution in [0.1, 0.15) is 16.7 Å². The summed E-state index contributed by atoms with van der Waals surface area (Å²) < 4.78 is 9.47. The molecule has 0 atom stereocenters. The van der Waals surface area contributed by atoms with Crippen LogP contribution in [-0.4, -0.2) is 48.2 Å². The lowest BCUT2D eigenvalue weighted by molar-refractivity contribution is 1.07. The van der Waals surface area contributed by atoms with Crippen molar-refractivity contribution in [1.82, 2.24) is 48.2 Å². The Balaban J connectivity index is 0.000000142. The Hall–Kier alpha value is -13.7. The Labute approximate surface area is 594 Å². The van der Waals surface area contributed by atoms with Crippen LogP contribution < -0.4 is 0 Å². The molecule has 103 heavy (non-hydrogen) atoms. The Bertz CT molecular complexity index is 6490. The summed E-state index contributed by atoms with van der Waals surface area (Å²) in [6.07, 6.45) is 0. The molecule has 0 radical (unpaired) electrons. The second-order valence-corrected chi connectivity index (χ2v) is 26.5. The van der Waals surface area contributed by atoms with Gasteiger partial charge in [0.25, 0.3) is 0 Å². The summed E-state index contributed by atoms with van der Waals surface area (Å²) >= 11 is 0. The highest BCUT2D eigenvalue weighted by Crippen LogP contribution is 2.41. The largest absolute Gasteiger partial charge is 0.309 e. The van der Waals surface area contributed by atoms with Gasteiger partial charge in [-0.05, 0) is 142 Å². The average molecular weight is 1320 g/mol. The molecule has 0 aliphatic carbocycles. The van der Waals surface area contributed by atoms with E-state index in [1.165, 1.54) is 81.8 Å². The van der Waals surface area contributed by atoms with Gasteiger partial charge in [0, 0.05) is 99.2 Å². The van der Waals surface area contributed by atoms with Gasteiger partial charge in [0.15, 0.2) is 34.9 Å². The normalized spacial score (nSPS) is 11.6. The standard InChI is InChI=1S/C47H33N5.C46H31N5/c1-30-15-19-32(20-16-30)45-48-46(33-21-17-31(2)18-22-33)50-47(49-45)34-23-25-35(26-24-34)51-43-14-8-5-11-39(43)40-29-36(27-28-44(40)51)52-41-12-6-3-9-37(41)38-10-4-7-13-42(38)52;1-30-19-21-32(22-20-30)45-47-44(31-11-3-2-4-12-31)48-46(49-45)33-23-25-34(26-24-33)50-42-18-10-7-15-38(42)39-29-35(27-28-43(39)50)51-40-16-8-5-13-36(40)37-14-6-9-17-41(37)51/h3-29H,1-2H3;2-29H,1H3. The minimum absolute atomic E-state index is 0.643. The number of hydrogen-bond acceptors (Lipinski definition) is 6. The smallest absolute Gasteiger partial charge is 0.164 e. The molecule has 0 fully saturated rings. The fourth-order valence-corrected chi connectivity index (χ4v) is 14.9.